The Hall–Kier alpha value is -2.64. The van der Waals surface area contributed by atoms with Crippen LogP contribution in [0.25, 0.3) is 5.57 Å². The van der Waals surface area contributed by atoms with E-state index in [4.69, 9.17) is 0 Å². The van der Waals surface area contributed by atoms with Gasteiger partial charge in [-0.05, 0) is 66.0 Å². The van der Waals surface area contributed by atoms with Gasteiger partial charge in [-0.25, -0.2) is 0 Å². The average molecular weight is 368 g/mol. The molecule has 1 N–H and O–H groups in total. The summed E-state index contributed by atoms with van der Waals surface area (Å²) in [5, 5.41) is 3.70. The van der Waals surface area contributed by atoms with Gasteiger partial charge in [-0.1, -0.05) is 84.9 Å². The van der Waals surface area contributed by atoms with Crippen molar-refractivity contribution in [2.24, 2.45) is 0 Å². The molecule has 1 aliphatic rings. The monoisotopic (exact) mass is 367 g/mol. The largest absolute Gasteiger partial charge is 0.310 e. The first-order chi connectivity index (χ1) is 13.8. The second-order valence-corrected chi connectivity index (χ2v) is 7.78. The molecule has 0 heterocycles. The molecule has 0 aromatic heterocycles. The molecule has 28 heavy (non-hydrogen) atoms. The quantitative estimate of drug-likeness (QED) is 0.598. The highest BCUT2D eigenvalue weighted by Crippen LogP contribution is 2.32. The van der Waals surface area contributed by atoms with E-state index in [0.717, 1.165) is 25.8 Å². The Balaban J connectivity index is 1.57. The highest BCUT2D eigenvalue weighted by Gasteiger charge is 2.16. The lowest BCUT2D eigenvalue weighted by Crippen LogP contribution is -2.28. The highest BCUT2D eigenvalue weighted by atomic mass is 14.9. The van der Waals surface area contributed by atoms with Crippen molar-refractivity contribution in [2.75, 3.05) is 6.54 Å². The fourth-order valence-corrected chi connectivity index (χ4v) is 4.24. The molecule has 4 rings (SSSR count). The molecule has 0 saturated heterocycles. The van der Waals surface area contributed by atoms with E-state index in [9.17, 15) is 0 Å². The lowest BCUT2D eigenvalue weighted by Gasteiger charge is -2.21. The van der Waals surface area contributed by atoms with Crippen molar-refractivity contribution < 1.29 is 0 Å². The zero-order chi connectivity index (χ0) is 19.2. The summed E-state index contributed by atoms with van der Waals surface area (Å²) >= 11 is 0. The van der Waals surface area contributed by atoms with Gasteiger partial charge in [0.05, 0.1) is 0 Å². The zero-order valence-electron chi connectivity index (χ0n) is 16.7. The standard InChI is InChI=1S/C27H29N/c1-21(20-22-10-3-2-4-11-22)28-19-18-27-25-16-7-5-12-23(25)14-9-15-24-13-6-8-17-26(24)27/h2-8,10-13,16-18,21,28H,9,14-15,19-20H2,1H3. The molecule has 1 unspecified atom stereocenters. The van der Waals surface area contributed by atoms with Crippen molar-refractivity contribution in [2.45, 2.75) is 38.6 Å². The topological polar surface area (TPSA) is 12.0 Å². The van der Waals surface area contributed by atoms with Gasteiger partial charge >= 0.3 is 0 Å². The lowest BCUT2D eigenvalue weighted by atomic mass is 9.85. The van der Waals surface area contributed by atoms with Gasteiger partial charge in [-0.2, -0.15) is 0 Å². The van der Waals surface area contributed by atoms with E-state index in [-0.39, 0.29) is 0 Å². The molecule has 0 bridgehead atoms. The van der Waals surface area contributed by atoms with Crippen molar-refractivity contribution in [1.82, 2.24) is 5.32 Å². The summed E-state index contributed by atoms with van der Waals surface area (Å²) in [7, 11) is 0. The maximum Gasteiger partial charge on any atom is 0.0146 e. The predicted molar refractivity (Wildman–Crippen MR) is 120 cm³/mol. The molecule has 1 aliphatic carbocycles. The maximum atomic E-state index is 3.70. The van der Waals surface area contributed by atoms with Crippen molar-refractivity contribution in [3.8, 4) is 0 Å². The summed E-state index contributed by atoms with van der Waals surface area (Å²) in [5.41, 5.74) is 8.50. The molecular formula is C27H29N. The summed E-state index contributed by atoms with van der Waals surface area (Å²) in [6, 6.07) is 29.0. The molecule has 0 fully saturated rings. The van der Waals surface area contributed by atoms with Crippen LogP contribution in [0.1, 0.15) is 41.2 Å². The Labute approximate surface area is 169 Å². The second-order valence-electron chi connectivity index (χ2n) is 7.78. The summed E-state index contributed by atoms with van der Waals surface area (Å²) in [5.74, 6) is 0. The highest BCUT2D eigenvalue weighted by molar-refractivity contribution is 5.83. The van der Waals surface area contributed by atoms with Crippen LogP contribution in [0, 0.1) is 0 Å². The first-order valence-electron chi connectivity index (χ1n) is 10.5. The third kappa shape index (κ3) is 4.43. The number of hydrogen-bond donors (Lipinski definition) is 1. The van der Waals surface area contributed by atoms with E-state index >= 15 is 0 Å². The molecule has 1 heteroatoms. The second kappa shape index (κ2) is 9.03. The number of nitrogens with one attached hydrogen (secondary N) is 1. The van der Waals surface area contributed by atoms with Gasteiger partial charge in [0.15, 0.2) is 0 Å². The molecule has 3 aromatic rings. The van der Waals surface area contributed by atoms with Crippen molar-refractivity contribution >= 4 is 5.57 Å². The van der Waals surface area contributed by atoms with Crippen LogP contribution in [-0.2, 0) is 19.3 Å². The third-order valence-corrected chi connectivity index (χ3v) is 5.66. The Kier molecular flexibility index (Phi) is 6.04. The van der Waals surface area contributed by atoms with E-state index < -0.39 is 0 Å². The van der Waals surface area contributed by atoms with Crippen molar-refractivity contribution in [3.05, 3.63) is 113 Å². The number of benzene rings is 3. The minimum absolute atomic E-state index is 0.443. The van der Waals surface area contributed by atoms with Crippen LogP contribution in [0.4, 0.5) is 0 Å². The molecule has 0 aliphatic heterocycles. The van der Waals surface area contributed by atoms with Crippen LogP contribution < -0.4 is 5.32 Å². The zero-order valence-corrected chi connectivity index (χ0v) is 16.7. The van der Waals surface area contributed by atoms with Crippen molar-refractivity contribution in [3.63, 3.8) is 0 Å². The van der Waals surface area contributed by atoms with E-state index in [1.54, 1.807) is 0 Å². The summed E-state index contributed by atoms with van der Waals surface area (Å²) in [6.07, 6.45) is 6.97. The summed E-state index contributed by atoms with van der Waals surface area (Å²) < 4.78 is 0. The first-order valence-corrected chi connectivity index (χ1v) is 10.5. The minimum atomic E-state index is 0.443. The van der Waals surface area contributed by atoms with Crippen LogP contribution >= 0.6 is 0 Å². The smallest absolute Gasteiger partial charge is 0.0146 e. The van der Waals surface area contributed by atoms with Gasteiger partial charge < -0.3 is 5.32 Å². The van der Waals surface area contributed by atoms with Crippen LogP contribution in [0.2, 0.25) is 0 Å². The van der Waals surface area contributed by atoms with Gasteiger partial charge in [0.25, 0.3) is 0 Å². The van der Waals surface area contributed by atoms with Gasteiger partial charge in [0, 0.05) is 12.6 Å². The molecule has 0 amide bonds. The molecule has 0 radical (unpaired) electrons. The molecule has 1 nitrogen and oxygen atoms in total. The van der Waals surface area contributed by atoms with E-state index in [0.29, 0.717) is 6.04 Å². The van der Waals surface area contributed by atoms with E-state index in [2.05, 4.69) is 97.2 Å². The molecule has 1 atom stereocenters. The lowest BCUT2D eigenvalue weighted by molar-refractivity contribution is 0.581. The Morgan fingerprint density at radius 1 is 0.786 bits per heavy atom. The molecule has 0 saturated carbocycles. The third-order valence-electron chi connectivity index (χ3n) is 5.66. The first kappa shape index (κ1) is 18.7. The van der Waals surface area contributed by atoms with Crippen LogP contribution in [0.15, 0.2) is 84.9 Å². The SMILES string of the molecule is CC(Cc1ccccc1)NCC=C1c2ccccc2CCCc2ccccc21. The number of rotatable bonds is 5. The molecular weight excluding hydrogens is 338 g/mol. The van der Waals surface area contributed by atoms with E-state index in [1.807, 2.05) is 0 Å². The van der Waals surface area contributed by atoms with Crippen LogP contribution in [-0.4, -0.2) is 12.6 Å². The molecule has 0 spiro atoms. The van der Waals surface area contributed by atoms with Crippen LogP contribution in [0.5, 0.6) is 0 Å². The number of hydrogen-bond acceptors (Lipinski definition) is 1. The fraction of sp³-hybridized carbons (Fsp3) is 0.259. The van der Waals surface area contributed by atoms with Gasteiger partial charge in [0.2, 0.25) is 0 Å². The number of aryl methyl sites for hydroxylation is 2. The normalized spacial score (nSPS) is 14.4. The van der Waals surface area contributed by atoms with Gasteiger partial charge in [-0.15, -0.1) is 0 Å². The average Bonchev–Trinajstić information content (AvgIpc) is 2.72. The van der Waals surface area contributed by atoms with Crippen LogP contribution in [0.3, 0.4) is 0 Å². The number of fused-ring (bicyclic) bond motifs is 2. The Bertz CT molecular complexity index is 890. The minimum Gasteiger partial charge on any atom is -0.310 e. The predicted octanol–water partition coefficient (Wildman–Crippen LogP) is 5.83. The van der Waals surface area contributed by atoms with E-state index in [1.165, 1.54) is 39.8 Å². The Morgan fingerprint density at radius 3 is 2.00 bits per heavy atom. The van der Waals surface area contributed by atoms with Crippen molar-refractivity contribution in [1.29, 1.82) is 0 Å². The summed E-state index contributed by atoms with van der Waals surface area (Å²) in [4.78, 5) is 0. The molecule has 142 valence electrons. The maximum absolute atomic E-state index is 3.70. The van der Waals surface area contributed by atoms with Gasteiger partial charge in [0.1, 0.15) is 0 Å². The Morgan fingerprint density at radius 2 is 1.36 bits per heavy atom. The fourth-order valence-electron chi connectivity index (χ4n) is 4.24. The molecule has 3 aromatic carbocycles. The van der Waals surface area contributed by atoms with Gasteiger partial charge in [-0.3, -0.25) is 0 Å². The summed E-state index contributed by atoms with van der Waals surface area (Å²) in [6.45, 7) is 3.15.